The van der Waals surface area contributed by atoms with Gasteiger partial charge in [0, 0.05) is 87.5 Å². The van der Waals surface area contributed by atoms with Crippen LogP contribution < -0.4 is 26.0 Å². The van der Waals surface area contributed by atoms with Gasteiger partial charge in [0.1, 0.15) is 11.8 Å². The van der Waals surface area contributed by atoms with Gasteiger partial charge < -0.3 is 30.5 Å². The number of amides is 6. The summed E-state index contributed by atoms with van der Waals surface area (Å²) in [5, 5.41) is 5.17. The molecule has 4 N–H and O–H groups in total. The Morgan fingerprint density at radius 3 is 2.37 bits per heavy atom. The molecule has 16 heteroatoms. The number of carbonyl (C=O) groups excluding carboxylic acids is 6. The summed E-state index contributed by atoms with van der Waals surface area (Å²) >= 11 is 0. The second-order valence-corrected chi connectivity index (χ2v) is 15.8. The molecule has 9 rings (SSSR count). The number of hydrogen-bond donors (Lipinski definition) is 3. The highest BCUT2D eigenvalue weighted by atomic mass is 16.5. The lowest BCUT2D eigenvalue weighted by Gasteiger charge is -2.45. The van der Waals surface area contributed by atoms with Crippen molar-refractivity contribution in [2.24, 2.45) is 17.6 Å². The lowest BCUT2D eigenvalue weighted by molar-refractivity contribution is -0.136. The Kier molecular flexibility index (Phi) is 9.43. The fraction of sp³-hybridized carbons (Fsp3) is 0.415. The first-order valence-corrected chi connectivity index (χ1v) is 19.6. The molecule has 1 unspecified atom stereocenters. The van der Waals surface area contributed by atoms with Gasteiger partial charge in [-0.2, -0.15) is 0 Å². The number of anilines is 2. The van der Waals surface area contributed by atoms with Crippen molar-refractivity contribution < 1.29 is 33.5 Å². The molecule has 294 valence electrons. The van der Waals surface area contributed by atoms with E-state index in [0.717, 1.165) is 74.6 Å². The third-order valence-corrected chi connectivity index (χ3v) is 11.9. The van der Waals surface area contributed by atoms with Crippen LogP contribution in [0.25, 0.3) is 5.57 Å². The molecule has 1 saturated carbocycles. The minimum atomic E-state index is -0.990. The minimum absolute atomic E-state index is 0.0257. The highest BCUT2D eigenvalue weighted by Gasteiger charge is 2.45. The third-order valence-electron chi connectivity index (χ3n) is 11.9. The maximum absolute atomic E-state index is 13.8. The Balaban J connectivity index is 0.792. The highest BCUT2D eigenvalue weighted by Crippen LogP contribution is 2.39. The SMILES string of the molecule is N/C=C(/C(=O)Nc1cc2c(cc1OCC1CC1)C(=O)N(C1CCN(CC3CN(c4ccc5c(c4)C(=O)N(C4CCC(=O)NC4=O)C5=O)C3)CC1)C2)c1ncccn1. The quantitative estimate of drug-likeness (QED) is 0.190. The first kappa shape index (κ1) is 36.5. The van der Waals surface area contributed by atoms with Crippen LogP contribution in [0.4, 0.5) is 11.4 Å². The van der Waals surface area contributed by atoms with Gasteiger partial charge in [-0.25, -0.2) is 9.97 Å². The van der Waals surface area contributed by atoms with Crippen molar-refractivity contribution in [1.82, 2.24) is 30.0 Å². The van der Waals surface area contributed by atoms with E-state index in [1.54, 1.807) is 36.7 Å². The number of likely N-dealkylation sites (tertiary alicyclic amines) is 1. The molecule has 3 saturated heterocycles. The maximum Gasteiger partial charge on any atom is 0.262 e. The van der Waals surface area contributed by atoms with E-state index in [1.165, 1.54) is 6.20 Å². The van der Waals surface area contributed by atoms with Gasteiger partial charge in [-0.3, -0.25) is 39.0 Å². The molecular formula is C41H43N9O7. The summed E-state index contributed by atoms with van der Waals surface area (Å²) in [5.74, 6) is -0.985. The molecule has 6 amide bonds. The lowest BCUT2D eigenvalue weighted by atomic mass is 9.95. The topological polar surface area (TPSA) is 200 Å². The second kappa shape index (κ2) is 14.7. The van der Waals surface area contributed by atoms with Crippen LogP contribution >= 0.6 is 0 Å². The molecule has 0 radical (unpaired) electrons. The van der Waals surface area contributed by atoms with E-state index in [9.17, 15) is 28.8 Å². The number of nitrogens with zero attached hydrogens (tertiary/aromatic N) is 6. The van der Waals surface area contributed by atoms with E-state index < -0.39 is 35.6 Å². The first-order chi connectivity index (χ1) is 27.6. The van der Waals surface area contributed by atoms with Gasteiger partial charge in [-0.05, 0) is 80.0 Å². The molecule has 3 aromatic rings. The van der Waals surface area contributed by atoms with Crippen molar-refractivity contribution in [3.63, 3.8) is 0 Å². The van der Waals surface area contributed by atoms with E-state index in [-0.39, 0.29) is 47.3 Å². The van der Waals surface area contributed by atoms with Crippen LogP contribution in [-0.4, -0.2) is 112 Å². The number of fused-ring (bicyclic) bond motifs is 2. The van der Waals surface area contributed by atoms with Gasteiger partial charge in [-0.1, -0.05) is 0 Å². The molecule has 0 spiro atoms. The van der Waals surface area contributed by atoms with E-state index in [0.29, 0.717) is 42.0 Å². The van der Waals surface area contributed by atoms with Crippen molar-refractivity contribution in [3.05, 3.63) is 83.1 Å². The van der Waals surface area contributed by atoms with Gasteiger partial charge >= 0.3 is 0 Å². The van der Waals surface area contributed by atoms with Crippen LogP contribution in [0.2, 0.25) is 0 Å². The van der Waals surface area contributed by atoms with Crippen LogP contribution in [0.15, 0.2) is 55.0 Å². The number of imide groups is 2. The molecule has 4 fully saturated rings. The molecule has 57 heavy (non-hydrogen) atoms. The largest absolute Gasteiger partial charge is 0.491 e. The summed E-state index contributed by atoms with van der Waals surface area (Å²) in [6, 6.07) is 9.60. The molecule has 0 bridgehead atoms. The van der Waals surface area contributed by atoms with Crippen LogP contribution in [0.1, 0.15) is 81.0 Å². The zero-order valence-electron chi connectivity index (χ0n) is 31.3. The molecule has 6 aliphatic rings. The minimum Gasteiger partial charge on any atom is -0.491 e. The van der Waals surface area contributed by atoms with E-state index in [1.807, 2.05) is 17.0 Å². The zero-order chi connectivity index (χ0) is 39.4. The number of nitrogens with two attached hydrogens (primary N) is 1. The Labute approximate surface area is 328 Å². The molecule has 1 aromatic heterocycles. The summed E-state index contributed by atoms with van der Waals surface area (Å²) in [6.07, 6.45) is 8.34. The molecule has 16 nitrogen and oxygen atoms in total. The van der Waals surface area contributed by atoms with Gasteiger partial charge in [0.2, 0.25) is 11.8 Å². The van der Waals surface area contributed by atoms with E-state index >= 15 is 0 Å². The Bertz CT molecular complexity index is 2210. The summed E-state index contributed by atoms with van der Waals surface area (Å²) in [6.45, 7) is 5.22. The summed E-state index contributed by atoms with van der Waals surface area (Å²) in [4.78, 5) is 93.6. The summed E-state index contributed by atoms with van der Waals surface area (Å²) in [5.41, 5.74) is 9.26. The molecular weight excluding hydrogens is 731 g/mol. The van der Waals surface area contributed by atoms with Crippen LogP contribution in [0, 0.1) is 11.8 Å². The van der Waals surface area contributed by atoms with Gasteiger partial charge in [0.15, 0.2) is 5.82 Å². The molecule has 1 atom stereocenters. The van der Waals surface area contributed by atoms with Crippen molar-refractivity contribution in [2.45, 2.75) is 57.2 Å². The number of aromatic nitrogens is 2. The van der Waals surface area contributed by atoms with Gasteiger partial charge in [0.25, 0.3) is 23.6 Å². The number of carbonyl (C=O) groups is 6. The fourth-order valence-corrected chi connectivity index (χ4v) is 8.58. The summed E-state index contributed by atoms with van der Waals surface area (Å²) in [7, 11) is 0. The predicted molar refractivity (Wildman–Crippen MR) is 206 cm³/mol. The number of hydrogen-bond acceptors (Lipinski definition) is 12. The summed E-state index contributed by atoms with van der Waals surface area (Å²) < 4.78 is 6.17. The number of benzene rings is 2. The van der Waals surface area contributed by atoms with Gasteiger partial charge in [-0.15, -0.1) is 0 Å². The first-order valence-electron chi connectivity index (χ1n) is 19.6. The second-order valence-electron chi connectivity index (χ2n) is 15.8. The fourth-order valence-electron chi connectivity index (χ4n) is 8.58. The number of piperidine rings is 2. The number of rotatable bonds is 11. The Morgan fingerprint density at radius 2 is 1.65 bits per heavy atom. The predicted octanol–water partition coefficient (Wildman–Crippen LogP) is 2.16. The standard InChI is InChI=1S/C41H43N9O7/c42-17-31(36-43-10-1-11-44-36)37(52)45-32-14-25-21-49(39(54)29(25)16-34(32)57-22-23-2-3-23)26-8-12-47(13-9-26)18-24-19-48(20-24)27-4-5-28-30(15-27)41(56)50(40(28)55)33-6-7-35(51)46-38(33)53/h1,4-5,10-11,14-17,23-24,26,33H,2-3,6-9,12-13,18-22,42H2,(H,45,52)(H,46,51,53)/b31-17+. The highest BCUT2D eigenvalue weighted by molar-refractivity contribution is 6.25. The average Bonchev–Trinajstić information content (AvgIpc) is 3.93. The molecule has 1 aliphatic carbocycles. The molecule has 6 heterocycles. The lowest BCUT2D eigenvalue weighted by Crippen LogP contribution is -2.54. The third kappa shape index (κ3) is 6.98. The normalized spacial score (nSPS) is 21.8. The van der Waals surface area contributed by atoms with E-state index in [4.69, 9.17) is 10.5 Å². The van der Waals surface area contributed by atoms with E-state index in [2.05, 4.69) is 30.4 Å². The van der Waals surface area contributed by atoms with Gasteiger partial charge in [0.05, 0.1) is 29.0 Å². The van der Waals surface area contributed by atoms with Crippen LogP contribution in [0.5, 0.6) is 5.75 Å². The average molecular weight is 774 g/mol. The Morgan fingerprint density at radius 1 is 0.895 bits per heavy atom. The van der Waals surface area contributed by atoms with Crippen molar-refractivity contribution in [3.8, 4) is 5.75 Å². The van der Waals surface area contributed by atoms with Crippen molar-refractivity contribution >= 4 is 52.4 Å². The monoisotopic (exact) mass is 773 g/mol. The molecule has 5 aliphatic heterocycles. The van der Waals surface area contributed by atoms with Crippen molar-refractivity contribution in [1.29, 1.82) is 0 Å². The smallest absolute Gasteiger partial charge is 0.262 e. The van der Waals surface area contributed by atoms with Crippen LogP contribution in [-0.2, 0) is 20.9 Å². The molecule has 2 aromatic carbocycles. The Hall–Kier alpha value is -6.16. The van der Waals surface area contributed by atoms with Crippen molar-refractivity contribution in [2.75, 3.05) is 49.5 Å². The number of nitrogens with one attached hydrogen (secondary N) is 2. The number of ether oxygens (including phenoxy) is 1. The van der Waals surface area contributed by atoms with Crippen LogP contribution in [0.3, 0.4) is 0 Å². The maximum atomic E-state index is 13.8. The zero-order valence-corrected chi connectivity index (χ0v) is 31.3.